The number of hydrogen-bond donors (Lipinski definition) is 2. The molecule has 4 nitrogen and oxygen atoms in total. The second-order valence-corrected chi connectivity index (χ2v) is 6.67. The quantitative estimate of drug-likeness (QED) is 0.674. The Labute approximate surface area is 140 Å². The minimum atomic E-state index is -0.228. The van der Waals surface area contributed by atoms with Gasteiger partial charge in [0.1, 0.15) is 5.75 Å². The summed E-state index contributed by atoms with van der Waals surface area (Å²) < 4.78 is 7.11. The molecule has 3 aromatic rings. The normalized spacial score (nSPS) is 10.6. The van der Waals surface area contributed by atoms with Gasteiger partial charge in [-0.25, -0.2) is 0 Å². The Morgan fingerprint density at radius 3 is 2.82 bits per heavy atom. The molecule has 1 heterocycles. The van der Waals surface area contributed by atoms with Crippen LogP contribution in [-0.2, 0) is 4.79 Å². The number of nitrogens with one attached hydrogen (secondary N) is 2. The molecular weight excluding hydrogens is 340 g/mol. The van der Waals surface area contributed by atoms with Gasteiger partial charge in [-0.15, -0.1) is 11.3 Å². The molecule has 0 spiro atoms. The Morgan fingerprint density at radius 1 is 1.27 bits per heavy atom. The van der Waals surface area contributed by atoms with Crippen molar-refractivity contribution in [2.75, 3.05) is 11.9 Å². The van der Waals surface area contributed by atoms with Crippen LogP contribution in [0.15, 0.2) is 42.5 Å². The average Bonchev–Trinajstić information content (AvgIpc) is 2.86. The number of halogens is 1. The zero-order valence-corrected chi connectivity index (χ0v) is 13.6. The van der Waals surface area contributed by atoms with Gasteiger partial charge in [0.05, 0.1) is 10.2 Å². The SMILES string of the molecule is O=C(COc1ccc(Cl)cc1)Nc1ccc2[nH]c(=S)sc2c1. The predicted octanol–water partition coefficient (Wildman–Crippen LogP) is 4.63. The number of aromatic nitrogens is 1. The Hall–Kier alpha value is -1.89. The van der Waals surface area contributed by atoms with Crippen LogP contribution < -0.4 is 10.1 Å². The van der Waals surface area contributed by atoms with Crippen LogP contribution in [0.2, 0.25) is 5.02 Å². The summed E-state index contributed by atoms with van der Waals surface area (Å²) >= 11 is 12.4. The fourth-order valence-corrected chi connectivity index (χ4v) is 3.18. The number of fused-ring (bicyclic) bond motifs is 1. The lowest BCUT2D eigenvalue weighted by Crippen LogP contribution is -2.20. The van der Waals surface area contributed by atoms with Crippen molar-refractivity contribution in [1.29, 1.82) is 0 Å². The number of ether oxygens (including phenoxy) is 1. The summed E-state index contributed by atoms with van der Waals surface area (Å²) in [6.45, 7) is -0.0669. The van der Waals surface area contributed by atoms with Crippen molar-refractivity contribution in [3.63, 3.8) is 0 Å². The van der Waals surface area contributed by atoms with E-state index >= 15 is 0 Å². The van der Waals surface area contributed by atoms with Crippen LogP contribution in [0.25, 0.3) is 10.2 Å². The van der Waals surface area contributed by atoms with Gasteiger partial charge in [-0.2, -0.15) is 0 Å². The zero-order valence-electron chi connectivity index (χ0n) is 11.3. The van der Waals surface area contributed by atoms with Crippen LogP contribution in [0, 0.1) is 3.95 Å². The summed E-state index contributed by atoms with van der Waals surface area (Å²) in [5.74, 6) is 0.368. The van der Waals surface area contributed by atoms with Gasteiger partial charge in [-0.1, -0.05) is 11.6 Å². The van der Waals surface area contributed by atoms with Gasteiger partial charge in [0.15, 0.2) is 10.6 Å². The summed E-state index contributed by atoms with van der Waals surface area (Å²) in [5, 5.41) is 3.42. The zero-order chi connectivity index (χ0) is 15.5. The lowest BCUT2D eigenvalue weighted by Gasteiger charge is -2.07. The molecular formula is C15H11ClN2O2S2. The lowest BCUT2D eigenvalue weighted by molar-refractivity contribution is -0.118. The lowest BCUT2D eigenvalue weighted by atomic mass is 10.3. The Bertz CT molecular complexity index is 871. The number of anilines is 1. The van der Waals surface area contributed by atoms with E-state index in [2.05, 4.69) is 10.3 Å². The standard InChI is InChI=1S/C15H11ClN2O2S2/c16-9-1-4-11(5-2-9)20-8-14(19)17-10-3-6-12-13(7-10)22-15(21)18-12/h1-7H,8H2,(H,17,19)(H,18,21). The number of H-pyrrole nitrogens is 1. The van der Waals surface area contributed by atoms with Gasteiger partial charge in [0, 0.05) is 10.7 Å². The maximum Gasteiger partial charge on any atom is 0.262 e. The van der Waals surface area contributed by atoms with E-state index in [1.165, 1.54) is 11.3 Å². The third-order valence-electron chi connectivity index (χ3n) is 2.89. The second-order valence-electron chi connectivity index (χ2n) is 4.52. The fraction of sp³-hybridized carbons (Fsp3) is 0.0667. The monoisotopic (exact) mass is 350 g/mol. The Kier molecular flexibility index (Phi) is 4.42. The molecule has 0 bridgehead atoms. The van der Waals surface area contributed by atoms with Crippen molar-refractivity contribution >= 4 is 57.0 Å². The molecule has 0 unspecified atom stereocenters. The van der Waals surface area contributed by atoms with E-state index in [-0.39, 0.29) is 12.5 Å². The molecule has 0 radical (unpaired) electrons. The molecule has 1 amide bonds. The van der Waals surface area contributed by atoms with Crippen LogP contribution in [0.1, 0.15) is 0 Å². The highest BCUT2D eigenvalue weighted by molar-refractivity contribution is 7.73. The fourth-order valence-electron chi connectivity index (χ4n) is 1.90. The van der Waals surface area contributed by atoms with Gasteiger partial charge < -0.3 is 15.0 Å². The van der Waals surface area contributed by atoms with Crippen molar-refractivity contribution in [3.8, 4) is 5.75 Å². The molecule has 2 N–H and O–H groups in total. The number of amides is 1. The molecule has 112 valence electrons. The summed E-state index contributed by atoms with van der Waals surface area (Å²) in [6.07, 6.45) is 0. The van der Waals surface area contributed by atoms with Crippen LogP contribution >= 0.6 is 35.2 Å². The molecule has 2 aromatic carbocycles. The van der Waals surface area contributed by atoms with E-state index in [0.29, 0.717) is 20.4 Å². The van der Waals surface area contributed by atoms with E-state index in [1.807, 2.05) is 18.2 Å². The molecule has 0 fully saturated rings. The third kappa shape index (κ3) is 3.65. The van der Waals surface area contributed by atoms with Gasteiger partial charge in [-0.3, -0.25) is 4.79 Å². The molecule has 22 heavy (non-hydrogen) atoms. The minimum Gasteiger partial charge on any atom is -0.484 e. The van der Waals surface area contributed by atoms with Gasteiger partial charge >= 0.3 is 0 Å². The molecule has 0 aliphatic heterocycles. The van der Waals surface area contributed by atoms with E-state index in [1.54, 1.807) is 24.3 Å². The van der Waals surface area contributed by atoms with Crippen molar-refractivity contribution in [3.05, 3.63) is 51.4 Å². The molecule has 0 saturated heterocycles. The number of thiazole rings is 1. The topological polar surface area (TPSA) is 54.1 Å². The molecule has 0 aliphatic carbocycles. The third-order valence-corrected chi connectivity index (χ3v) is 4.34. The van der Waals surface area contributed by atoms with Crippen molar-refractivity contribution in [2.45, 2.75) is 0 Å². The van der Waals surface area contributed by atoms with E-state index < -0.39 is 0 Å². The molecule has 0 aliphatic rings. The molecule has 1 aromatic heterocycles. The van der Waals surface area contributed by atoms with Crippen LogP contribution in [0.5, 0.6) is 5.75 Å². The van der Waals surface area contributed by atoms with Crippen LogP contribution in [0.3, 0.4) is 0 Å². The highest BCUT2D eigenvalue weighted by Crippen LogP contribution is 2.23. The smallest absolute Gasteiger partial charge is 0.262 e. The summed E-state index contributed by atoms with van der Waals surface area (Å²) in [7, 11) is 0. The van der Waals surface area contributed by atoms with Crippen LogP contribution in [-0.4, -0.2) is 17.5 Å². The maximum absolute atomic E-state index is 11.9. The van der Waals surface area contributed by atoms with Crippen molar-refractivity contribution in [2.24, 2.45) is 0 Å². The largest absolute Gasteiger partial charge is 0.484 e. The van der Waals surface area contributed by atoms with Crippen molar-refractivity contribution in [1.82, 2.24) is 4.98 Å². The first-order chi connectivity index (χ1) is 10.6. The molecule has 0 atom stereocenters. The highest BCUT2D eigenvalue weighted by atomic mass is 35.5. The van der Waals surface area contributed by atoms with Gasteiger partial charge in [0.25, 0.3) is 5.91 Å². The summed E-state index contributed by atoms with van der Waals surface area (Å²) in [5.41, 5.74) is 1.67. The summed E-state index contributed by atoms with van der Waals surface area (Å²) in [6, 6.07) is 12.4. The first-order valence-corrected chi connectivity index (χ1v) is 8.01. The van der Waals surface area contributed by atoms with E-state index in [0.717, 1.165) is 10.2 Å². The maximum atomic E-state index is 11.9. The number of hydrogen-bond acceptors (Lipinski definition) is 4. The Balaban J connectivity index is 1.62. The van der Waals surface area contributed by atoms with Crippen molar-refractivity contribution < 1.29 is 9.53 Å². The second kappa shape index (κ2) is 6.48. The molecule has 0 saturated carbocycles. The first kappa shape index (κ1) is 15.0. The minimum absolute atomic E-state index is 0.0669. The average molecular weight is 351 g/mol. The molecule has 7 heteroatoms. The Morgan fingerprint density at radius 2 is 2.05 bits per heavy atom. The predicted molar refractivity (Wildman–Crippen MR) is 92.6 cm³/mol. The number of carbonyl (C=O) groups is 1. The van der Waals surface area contributed by atoms with E-state index in [9.17, 15) is 4.79 Å². The van der Waals surface area contributed by atoms with Crippen LogP contribution in [0.4, 0.5) is 5.69 Å². The first-order valence-electron chi connectivity index (χ1n) is 6.41. The highest BCUT2D eigenvalue weighted by Gasteiger charge is 2.05. The number of rotatable bonds is 4. The number of aromatic amines is 1. The summed E-state index contributed by atoms with van der Waals surface area (Å²) in [4.78, 5) is 15.0. The van der Waals surface area contributed by atoms with Gasteiger partial charge in [0.2, 0.25) is 0 Å². The number of benzene rings is 2. The molecule has 3 rings (SSSR count). The van der Waals surface area contributed by atoms with E-state index in [4.69, 9.17) is 28.6 Å². The van der Waals surface area contributed by atoms with Gasteiger partial charge in [-0.05, 0) is 54.7 Å². The number of carbonyl (C=O) groups excluding carboxylic acids is 1.